The zero-order chi connectivity index (χ0) is 10.4. The molecule has 14 heavy (non-hydrogen) atoms. The summed E-state index contributed by atoms with van der Waals surface area (Å²) in [5.74, 6) is -0.196. The van der Waals surface area contributed by atoms with Crippen molar-refractivity contribution in [3.63, 3.8) is 0 Å². The van der Waals surface area contributed by atoms with Crippen LogP contribution in [0.2, 0.25) is 0 Å². The fourth-order valence-electron chi connectivity index (χ4n) is 1.24. The third kappa shape index (κ3) is 4.35. The maximum absolute atomic E-state index is 12.7. The normalized spacial score (nSPS) is 12.8. The molecule has 0 heterocycles. The molecule has 0 saturated heterocycles. The molecule has 3 heteroatoms. The van der Waals surface area contributed by atoms with E-state index in [1.165, 1.54) is 12.1 Å². The Balaban J connectivity index is 2.25. The predicted molar refractivity (Wildman–Crippen MR) is 54.7 cm³/mol. The SMILES string of the molecule is CC(O)CNCCc1cccc(F)c1. The minimum atomic E-state index is -0.331. The monoisotopic (exact) mass is 197 g/mol. The number of aliphatic hydroxyl groups excluding tert-OH is 1. The largest absolute Gasteiger partial charge is 0.392 e. The van der Waals surface area contributed by atoms with E-state index in [2.05, 4.69) is 5.32 Å². The summed E-state index contributed by atoms with van der Waals surface area (Å²) in [5, 5.41) is 12.1. The number of nitrogens with one attached hydrogen (secondary N) is 1. The molecule has 1 rings (SSSR count). The van der Waals surface area contributed by atoms with Crippen LogP contribution in [0.1, 0.15) is 12.5 Å². The molecule has 0 aliphatic heterocycles. The lowest BCUT2D eigenvalue weighted by Gasteiger charge is -2.06. The summed E-state index contributed by atoms with van der Waals surface area (Å²) in [4.78, 5) is 0. The Morgan fingerprint density at radius 3 is 2.93 bits per heavy atom. The maximum Gasteiger partial charge on any atom is 0.123 e. The summed E-state index contributed by atoms with van der Waals surface area (Å²) in [5.41, 5.74) is 0.975. The van der Waals surface area contributed by atoms with Gasteiger partial charge in [0.1, 0.15) is 5.82 Å². The Morgan fingerprint density at radius 1 is 1.50 bits per heavy atom. The van der Waals surface area contributed by atoms with Crippen molar-refractivity contribution in [3.05, 3.63) is 35.6 Å². The first kappa shape index (κ1) is 11.1. The summed E-state index contributed by atoms with van der Waals surface area (Å²) in [7, 11) is 0. The number of benzene rings is 1. The van der Waals surface area contributed by atoms with Gasteiger partial charge in [-0.1, -0.05) is 12.1 Å². The third-order valence-corrected chi connectivity index (χ3v) is 1.92. The second-order valence-electron chi connectivity index (χ2n) is 3.43. The zero-order valence-electron chi connectivity index (χ0n) is 8.33. The smallest absolute Gasteiger partial charge is 0.123 e. The maximum atomic E-state index is 12.7. The second-order valence-corrected chi connectivity index (χ2v) is 3.43. The Bertz CT molecular complexity index is 276. The van der Waals surface area contributed by atoms with E-state index in [1.54, 1.807) is 13.0 Å². The number of hydrogen-bond acceptors (Lipinski definition) is 2. The van der Waals surface area contributed by atoms with Gasteiger partial charge >= 0.3 is 0 Å². The molecule has 1 aromatic rings. The van der Waals surface area contributed by atoms with E-state index in [0.717, 1.165) is 18.5 Å². The van der Waals surface area contributed by atoms with Gasteiger partial charge in [-0.25, -0.2) is 4.39 Å². The van der Waals surface area contributed by atoms with Crippen molar-refractivity contribution in [2.75, 3.05) is 13.1 Å². The Kier molecular flexibility index (Phi) is 4.56. The Hall–Kier alpha value is -0.930. The van der Waals surface area contributed by atoms with Crippen LogP contribution in [-0.2, 0) is 6.42 Å². The van der Waals surface area contributed by atoms with Crippen LogP contribution in [0.4, 0.5) is 4.39 Å². The molecule has 2 N–H and O–H groups in total. The number of hydrogen-bond donors (Lipinski definition) is 2. The highest BCUT2D eigenvalue weighted by Gasteiger charge is 1.96. The van der Waals surface area contributed by atoms with Crippen molar-refractivity contribution in [2.24, 2.45) is 0 Å². The van der Waals surface area contributed by atoms with Gasteiger partial charge in [-0.3, -0.25) is 0 Å². The van der Waals surface area contributed by atoms with Gasteiger partial charge in [-0.15, -0.1) is 0 Å². The van der Waals surface area contributed by atoms with Gasteiger partial charge in [0.15, 0.2) is 0 Å². The summed E-state index contributed by atoms with van der Waals surface area (Å²) < 4.78 is 12.7. The van der Waals surface area contributed by atoms with E-state index in [-0.39, 0.29) is 11.9 Å². The van der Waals surface area contributed by atoms with Crippen molar-refractivity contribution >= 4 is 0 Å². The lowest BCUT2D eigenvalue weighted by Crippen LogP contribution is -2.26. The van der Waals surface area contributed by atoms with Gasteiger partial charge < -0.3 is 10.4 Å². The fourth-order valence-corrected chi connectivity index (χ4v) is 1.24. The molecule has 0 radical (unpaired) electrons. The molecule has 0 spiro atoms. The van der Waals surface area contributed by atoms with Gasteiger partial charge in [-0.2, -0.15) is 0 Å². The highest BCUT2D eigenvalue weighted by molar-refractivity contribution is 5.16. The van der Waals surface area contributed by atoms with Gasteiger partial charge in [0.05, 0.1) is 6.10 Å². The Labute approximate surface area is 83.8 Å². The lowest BCUT2D eigenvalue weighted by atomic mass is 10.1. The second kappa shape index (κ2) is 5.73. The van der Waals surface area contributed by atoms with Crippen molar-refractivity contribution < 1.29 is 9.50 Å². The van der Waals surface area contributed by atoms with Gasteiger partial charge in [0, 0.05) is 6.54 Å². The average molecular weight is 197 g/mol. The first-order chi connectivity index (χ1) is 6.68. The quantitative estimate of drug-likeness (QED) is 0.698. The average Bonchev–Trinajstić information content (AvgIpc) is 2.12. The van der Waals surface area contributed by atoms with Crippen LogP contribution in [0, 0.1) is 5.82 Å². The number of halogens is 1. The summed E-state index contributed by atoms with van der Waals surface area (Å²) in [6, 6.07) is 6.57. The first-order valence-electron chi connectivity index (χ1n) is 4.81. The summed E-state index contributed by atoms with van der Waals surface area (Å²) >= 11 is 0. The number of rotatable bonds is 5. The lowest BCUT2D eigenvalue weighted by molar-refractivity contribution is 0.191. The number of aliphatic hydroxyl groups is 1. The van der Waals surface area contributed by atoms with Gasteiger partial charge in [0.2, 0.25) is 0 Å². The van der Waals surface area contributed by atoms with Crippen LogP contribution in [0.5, 0.6) is 0 Å². The van der Waals surface area contributed by atoms with Gasteiger partial charge in [0.25, 0.3) is 0 Å². The molecule has 1 aromatic carbocycles. The molecule has 0 fully saturated rings. The van der Waals surface area contributed by atoms with Crippen LogP contribution in [0.3, 0.4) is 0 Å². The predicted octanol–water partition coefficient (Wildman–Crippen LogP) is 1.34. The highest BCUT2D eigenvalue weighted by Crippen LogP contribution is 2.03. The molecule has 0 aliphatic rings. The zero-order valence-corrected chi connectivity index (χ0v) is 8.33. The van der Waals surface area contributed by atoms with Crippen LogP contribution >= 0.6 is 0 Å². The van der Waals surface area contributed by atoms with Crippen molar-refractivity contribution in [2.45, 2.75) is 19.4 Å². The van der Waals surface area contributed by atoms with E-state index >= 15 is 0 Å². The molecule has 0 aromatic heterocycles. The molecule has 1 unspecified atom stereocenters. The molecule has 1 atom stereocenters. The molecule has 2 nitrogen and oxygen atoms in total. The molecule has 0 bridgehead atoms. The van der Waals surface area contributed by atoms with Gasteiger partial charge in [-0.05, 0) is 37.6 Å². The molecule has 0 amide bonds. The molecule has 78 valence electrons. The summed E-state index contributed by atoms with van der Waals surface area (Å²) in [6.45, 7) is 3.07. The van der Waals surface area contributed by atoms with Crippen molar-refractivity contribution in [3.8, 4) is 0 Å². The van der Waals surface area contributed by atoms with Crippen molar-refractivity contribution in [1.82, 2.24) is 5.32 Å². The van der Waals surface area contributed by atoms with Crippen LogP contribution in [0.15, 0.2) is 24.3 Å². The minimum Gasteiger partial charge on any atom is -0.392 e. The molecular formula is C11H16FNO. The van der Waals surface area contributed by atoms with E-state index in [1.807, 2.05) is 6.07 Å². The molecule has 0 aliphatic carbocycles. The molecular weight excluding hydrogens is 181 g/mol. The van der Waals surface area contributed by atoms with Crippen LogP contribution < -0.4 is 5.32 Å². The standard InChI is InChI=1S/C11H16FNO/c1-9(14)8-13-6-5-10-3-2-4-11(12)7-10/h2-4,7,9,13-14H,5-6,8H2,1H3. The fraction of sp³-hybridized carbons (Fsp3) is 0.455. The topological polar surface area (TPSA) is 32.3 Å². The van der Waals surface area contributed by atoms with E-state index in [4.69, 9.17) is 5.11 Å². The summed E-state index contributed by atoms with van der Waals surface area (Å²) in [6.07, 6.45) is 0.451. The van der Waals surface area contributed by atoms with Crippen LogP contribution in [0.25, 0.3) is 0 Å². The van der Waals surface area contributed by atoms with E-state index in [0.29, 0.717) is 6.54 Å². The first-order valence-corrected chi connectivity index (χ1v) is 4.81. The minimum absolute atomic E-state index is 0.196. The highest BCUT2D eigenvalue weighted by atomic mass is 19.1. The van der Waals surface area contributed by atoms with E-state index in [9.17, 15) is 4.39 Å². The third-order valence-electron chi connectivity index (χ3n) is 1.92. The van der Waals surface area contributed by atoms with Crippen molar-refractivity contribution in [1.29, 1.82) is 0 Å². The molecule has 0 saturated carbocycles. The van der Waals surface area contributed by atoms with E-state index < -0.39 is 0 Å². The Morgan fingerprint density at radius 2 is 2.29 bits per heavy atom. The van der Waals surface area contributed by atoms with Crippen LogP contribution in [-0.4, -0.2) is 24.3 Å².